The van der Waals surface area contributed by atoms with Crippen molar-refractivity contribution >= 4 is 12.6 Å². The number of hydrogen-bond donors (Lipinski definition) is 2. The highest BCUT2D eigenvalue weighted by Crippen LogP contribution is 2.21. The van der Waals surface area contributed by atoms with E-state index in [4.69, 9.17) is 19.5 Å². The van der Waals surface area contributed by atoms with Gasteiger partial charge in [0.25, 0.3) is 0 Å². The van der Waals surface area contributed by atoms with Crippen molar-refractivity contribution in [2.24, 2.45) is 0 Å². The van der Waals surface area contributed by atoms with Crippen molar-refractivity contribution in [3.8, 4) is 11.5 Å². The fourth-order valence-electron chi connectivity index (χ4n) is 1.80. The Balaban J connectivity index is 2.17. The third-order valence-electron chi connectivity index (χ3n) is 2.89. The molecule has 0 atom stereocenters. The summed E-state index contributed by atoms with van der Waals surface area (Å²) >= 11 is 0. The van der Waals surface area contributed by atoms with Crippen LogP contribution in [0.1, 0.15) is 5.56 Å². The lowest BCUT2D eigenvalue weighted by Crippen LogP contribution is -2.30. The molecule has 0 bridgehead atoms. The third-order valence-corrected chi connectivity index (χ3v) is 2.89. The monoisotopic (exact) mass is 294 g/mol. The quantitative estimate of drug-likeness (QED) is 0.814. The molecule has 21 heavy (non-hydrogen) atoms. The Bertz CT molecular complexity index is 634. The predicted molar refractivity (Wildman–Crippen MR) is 73.5 cm³/mol. The topological polar surface area (TPSA) is 58.9 Å². The second-order valence-electron chi connectivity index (χ2n) is 4.31. The molecule has 0 spiro atoms. The summed E-state index contributed by atoms with van der Waals surface area (Å²) in [5.74, 6) is -1.31. The minimum atomic E-state index is -1.61. The van der Waals surface area contributed by atoms with Gasteiger partial charge in [0.15, 0.2) is 11.6 Å². The van der Waals surface area contributed by atoms with E-state index in [0.717, 1.165) is 12.1 Å². The van der Waals surface area contributed by atoms with Gasteiger partial charge in [0, 0.05) is 11.6 Å². The highest BCUT2D eigenvalue weighted by atomic mass is 19.2. The summed E-state index contributed by atoms with van der Waals surface area (Å²) in [6.45, 7) is 0.00874. The number of halogens is 2. The Labute approximate surface area is 120 Å². The zero-order valence-corrected chi connectivity index (χ0v) is 11.2. The molecule has 0 aliphatic rings. The van der Waals surface area contributed by atoms with Crippen molar-refractivity contribution < 1.29 is 28.3 Å². The van der Waals surface area contributed by atoms with E-state index in [1.165, 1.54) is 25.3 Å². The lowest BCUT2D eigenvalue weighted by molar-refractivity contribution is 0.294. The highest BCUT2D eigenvalue weighted by molar-refractivity contribution is 6.58. The van der Waals surface area contributed by atoms with Crippen LogP contribution in [0.5, 0.6) is 11.5 Å². The van der Waals surface area contributed by atoms with Crippen molar-refractivity contribution in [1.82, 2.24) is 0 Å². The largest absolute Gasteiger partial charge is 0.496 e. The highest BCUT2D eigenvalue weighted by Gasteiger charge is 2.14. The van der Waals surface area contributed by atoms with Crippen LogP contribution in [-0.4, -0.2) is 24.3 Å². The summed E-state index contributed by atoms with van der Waals surface area (Å²) in [5.41, 5.74) is 0.826. The maximum Gasteiger partial charge on any atom is 0.488 e. The molecule has 2 aromatic carbocycles. The second-order valence-corrected chi connectivity index (χ2v) is 4.31. The van der Waals surface area contributed by atoms with Gasteiger partial charge in [0.05, 0.1) is 7.11 Å². The van der Waals surface area contributed by atoms with Gasteiger partial charge in [-0.25, -0.2) is 8.78 Å². The minimum absolute atomic E-state index is 0.00874. The van der Waals surface area contributed by atoms with Crippen LogP contribution >= 0.6 is 0 Å². The maximum absolute atomic E-state index is 13.1. The molecule has 0 radical (unpaired) electrons. The molecule has 7 heteroatoms. The van der Waals surface area contributed by atoms with E-state index in [-0.39, 0.29) is 17.8 Å². The zero-order chi connectivity index (χ0) is 15.4. The zero-order valence-electron chi connectivity index (χ0n) is 11.2. The number of hydrogen-bond acceptors (Lipinski definition) is 4. The number of benzene rings is 2. The van der Waals surface area contributed by atoms with Crippen LogP contribution < -0.4 is 14.9 Å². The van der Waals surface area contributed by atoms with E-state index in [0.29, 0.717) is 11.3 Å². The van der Waals surface area contributed by atoms with Crippen molar-refractivity contribution in [2.45, 2.75) is 6.61 Å². The van der Waals surface area contributed by atoms with E-state index < -0.39 is 18.8 Å². The van der Waals surface area contributed by atoms with Gasteiger partial charge in [0.2, 0.25) is 0 Å². The molecule has 0 amide bonds. The minimum Gasteiger partial charge on any atom is -0.496 e. The summed E-state index contributed by atoms with van der Waals surface area (Å²) in [6, 6.07) is 7.78. The Morgan fingerprint density at radius 1 is 1.05 bits per heavy atom. The molecule has 0 aliphatic carbocycles. The fourth-order valence-corrected chi connectivity index (χ4v) is 1.80. The average Bonchev–Trinajstić information content (AvgIpc) is 2.48. The van der Waals surface area contributed by atoms with E-state index in [1.807, 2.05) is 0 Å². The van der Waals surface area contributed by atoms with Crippen molar-refractivity contribution in [1.29, 1.82) is 0 Å². The summed E-state index contributed by atoms with van der Waals surface area (Å²) in [6.07, 6.45) is 0. The Hall–Kier alpha value is -2.12. The van der Waals surface area contributed by atoms with Gasteiger partial charge in [-0.1, -0.05) is 12.1 Å². The first-order valence-electron chi connectivity index (χ1n) is 6.12. The molecule has 0 heterocycles. The van der Waals surface area contributed by atoms with Crippen molar-refractivity contribution in [2.75, 3.05) is 7.11 Å². The summed E-state index contributed by atoms with van der Waals surface area (Å²) in [7, 11) is -0.149. The van der Waals surface area contributed by atoms with Gasteiger partial charge in [-0.05, 0) is 23.7 Å². The smallest absolute Gasteiger partial charge is 0.488 e. The van der Waals surface area contributed by atoms with E-state index in [1.54, 1.807) is 6.07 Å². The predicted octanol–water partition coefficient (Wildman–Crippen LogP) is 1.23. The maximum atomic E-state index is 13.1. The van der Waals surface area contributed by atoms with E-state index in [9.17, 15) is 8.78 Å². The van der Waals surface area contributed by atoms with Gasteiger partial charge >= 0.3 is 7.12 Å². The molecule has 2 rings (SSSR count). The standard InChI is InChI=1S/C14H13BF2O4/c1-20-14-5-2-10(15(18)19)6-9(14)8-21-11-3-4-12(16)13(17)7-11/h2-7,18-19H,8H2,1H3. The number of methoxy groups -OCH3 is 1. The molecule has 0 fully saturated rings. The van der Waals surface area contributed by atoms with Gasteiger partial charge in [-0.2, -0.15) is 0 Å². The van der Waals surface area contributed by atoms with Crippen LogP contribution in [0.3, 0.4) is 0 Å². The molecule has 110 valence electrons. The van der Waals surface area contributed by atoms with Crippen molar-refractivity contribution in [3.63, 3.8) is 0 Å². The summed E-state index contributed by atoms with van der Waals surface area (Å²) in [4.78, 5) is 0. The molecular weight excluding hydrogens is 281 g/mol. The first kappa shape index (κ1) is 15.3. The normalized spacial score (nSPS) is 10.3. The molecule has 4 nitrogen and oxygen atoms in total. The van der Waals surface area contributed by atoms with Crippen LogP contribution in [0.2, 0.25) is 0 Å². The van der Waals surface area contributed by atoms with E-state index in [2.05, 4.69) is 0 Å². The van der Waals surface area contributed by atoms with Crippen LogP contribution in [0.25, 0.3) is 0 Å². The average molecular weight is 294 g/mol. The molecule has 0 saturated heterocycles. The summed E-state index contributed by atoms with van der Waals surface area (Å²) in [5, 5.41) is 18.3. The van der Waals surface area contributed by atoms with Gasteiger partial charge in [-0.3, -0.25) is 0 Å². The lowest BCUT2D eigenvalue weighted by Gasteiger charge is -2.12. The Morgan fingerprint density at radius 2 is 1.81 bits per heavy atom. The van der Waals surface area contributed by atoms with Gasteiger partial charge in [-0.15, -0.1) is 0 Å². The molecule has 0 saturated carbocycles. The van der Waals surface area contributed by atoms with Crippen LogP contribution in [0.15, 0.2) is 36.4 Å². The SMILES string of the molecule is COc1ccc(B(O)O)cc1COc1ccc(F)c(F)c1. The second kappa shape index (κ2) is 6.56. The van der Waals surface area contributed by atoms with E-state index >= 15 is 0 Å². The first-order valence-corrected chi connectivity index (χ1v) is 6.12. The molecule has 0 unspecified atom stereocenters. The van der Waals surface area contributed by atoms with Gasteiger partial charge in [0.1, 0.15) is 18.1 Å². The lowest BCUT2D eigenvalue weighted by atomic mass is 9.79. The number of ether oxygens (including phenoxy) is 2. The fraction of sp³-hybridized carbons (Fsp3) is 0.143. The van der Waals surface area contributed by atoms with Gasteiger partial charge < -0.3 is 19.5 Å². The van der Waals surface area contributed by atoms with Crippen LogP contribution in [-0.2, 0) is 6.61 Å². The molecule has 0 aliphatic heterocycles. The van der Waals surface area contributed by atoms with Crippen LogP contribution in [0.4, 0.5) is 8.78 Å². The third kappa shape index (κ3) is 3.71. The number of rotatable bonds is 5. The Kier molecular flexibility index (Phi) is 4.77. The molecule has 2 N–H and O–H groups in total. The summed E-state index contributed by atoms with van der Waals surface area (Å²) < 4.78 is 36.4. The first-order chi connectivity index (χ1) is 10.0. The molecule has 2 aromatic rings. The van der Waals surface area contributed by atoms with Crippen molar-refractivity contribution in [3.05, 3.63) is 53.6 Å². The van der Waals surface area contributed by atoms with Crippen LogP contribution in [0, 0.1) is 11.6 Å². The Morgan fingerprint density at radius 3 is 2.43 bits per heavy atom. The molecular formula is C14H13BF2O4. The molecule has 0 aromatic heterocycles.